The van der Waals surface area contributed by atoms with Gasteiger partial charge in [-0.1, -0.05) is 54.4 Å². The molecule has 0 bridgehead atoms. The van der Waals surface area contributed by atoms with Crippen LogP contribution in [0, 0.1) is 11.8 Å². The van der Waals surface area contributed by atoms with Crippen LogP contribution in [-0.4, -0.2) is 5.78 Å². The van der Waals surface area contributed by atoms with Gasteiger partial charge in [-0.05, 0) is 18.8 Å². The monoisotopic (exact) mass is 214 g/mol. The molecule has 0 N–H and O–H groups in total. The summed E-state index contributed by atoms with van der Waals surface area (Å²) in [6, 6.07) is 0. The SMILES string of the molecule is CC.CC1CC[C@@H](C)CC1=O.CCCC. The molecule has 0 aromatic carbocycles. The minimum atomic E-state index is 0.348. The predicted molar refractivity (Wildman–Crippen MR) is 69.1 cm³/mol. The summed E-state index contributed by atoms with van der Waals surface area (Å²) in [5.41, 5.74) is 0. The average Bonchev–Trinajstić information content (AvgIpc) is 2.27. The maximum Gasteiger partial charge on any atom is 0.135 e. The third kappa shape index (κ3) is 9.96. The second kappa shape index (κ2) is 11.7. The molecule has 0 saturated heterocycles. The van der Waals surface area contributed by atoms with E-state index in [0.717, 1.165) is 12.8 Å². The minimum Gasteiger partial charge on any atom is -0.299 e. The molecular weight excluding hydrogens is 184 g/mol. The van der Waals surface area contributed by atoms with Crippen LogP contribution < -0.4 is 0 Å². The topological polar surface area (TPSA) is 17.1 Å². The van der Waals surface area contributed by atoms with Gasteiger partial charge >= 0.3 is 0 Å². The third-order valence-electron chi connectivity index (χ3n) is 2.69. The molecule has 0 spiro atoms. The van der Waals surface area contributed by atoms with Crippen LogP contribution in [0.1, 0.15) is 73.6 Å². The molecule has 0 radical (unpaired) electrons. The van der Waals surface area contributed by atoms with E-state index in [1.807, 2.05) is 20.8 Å². The highest BCUT2D eigenvalue weighted by Gasteiger charge is 2.21. The van der Waals surface area contributed by atoms with E-state index in [9.17, 15) is 4.79 Å². The molecule has 1 aliphatic rings. The lowest BCUT2D eigenvalue weighted by Crippen LogP contribution is -2.20. The van der Waals surface area contributed by atoms with Crippen LogP contribution in [0.3, 0.4) is 0 Å². The van der Waals surface area contributed by atoms with Gasteiger partial charge in [0.05, 0.1) is 0 Å². The Balaban J connectivity index is 0. The van der Waals surface area contributed by atoms with Crippen molar-refractivity contribution in [2.24, 2.45) is 11.8 Å². The first-order valence-electron chi connectivity index (χ1n) is 6.64. The lowest BCUT2D eigenvalue weighted by Gasteiger charge is -2.21. The van der Waals surface area contributed by atoms with E-state index in [2.05, 4.69) is 20.8 Å². The van der Waals surface area contributed by atoms with Gasteiger partial charge in [0.1, 0.15) is 5.78 Å². The van der Waals surface area contributed by atoms with Crippen molar-refractivity contribution >= 4 is 5.78 Å². The Kier molecular flexibility index (Phi) is 13.4. The van der Waals surface area contributed by atoms with Crippen LogP contribution in [0.2, 0.25) is 0 Å². The second-order valence-electron chi connectivity index (χ2n) is 4.25. The molecule has 92 valence electrons. The van der Waals surface area contributed by atoms with Crippen LogP contribution in [0.5, 0.6) is 0 Å². The Morgan fingerprint density at radius 1 is 1.07 bits per heavy atom. The summed E-state index contributed by atoms with van der Waals surface area (Å²) in [4.78, 5) is 11.0. The summed E-state index contributed by atoms with van der Waals surface area (Å²) >= 11 is 0. The summed E-state index contributed by atoms with van der Waals surface area (Å²) in [7, 11) is 0. The summed E-state index contributed by atoms with van der Waals surface area (Å²) in [6.45, 7) is 12.6. The van der Waals surface area contributed by atoms with Crippen LogP contribution in [-0.2, 0) is 4.79 Å². The van der Waals surface area contributed by atoms with Gasteiger partial charge in [-0.25, -0.2) is 0 Å². The number of Topliss-reactive ketones (excluding diaryl/α,β-unsaturated/α-hetero) is 1. The Labute approximate surface area is 96.7 Å². The van der Waals surface area contributed by atoms with Gasteiger partial charge in [0.2, 0.25) is 0 Å². The van der Waals surface area contributed by atoms with Gasteiger partial charge in [-0.15, -0.1) is 0 Å². The van der Waals surface area contributed by atoms with Crippen molar-refractivity contribution < 1.29 is 4.79 Å². The molecule has 1 heteroatoms. The highest BCUT2D eigenvalue weighted by Crippen LogP contribution is 2.24. The largest absolute Gasteiger partial charge is 0.299 e. The molecule has 0 heterocycles. The predicted octanol–water partition coefficient (Wildman–Crippen LogP) is 4.84. The summed E-state index contributed by atoms with van der Waals surface area (Å²) < 4.78 is 0. The summed E-state index contributed by atoms with van der Waals surface area (Å²) in [5, 5.41) is 0. The van der Waals surface area contributed by atoms with Crippen molar-refractivity contribution in [3.05, 3.63) is 0 Å². The van der Waals surface area contributed by atoms with Gasteiger partial charge < -0.3 is 0 Å². The van der Waals surface area contributed by atoms with E-state index < -0.39 is 0 Å². The molecule has 0 aromatic heterocycles. The highest BCUT2D eigenvalue weighted by molar-refractivity contribution is 5.81. The molecule has 0 aliphatic heterocycles. The molecule has 1 aliphatic carbocycles. The van der Waals surface area contributed by atoms with Crippen molar-refractivity contribution in [2.75, 3.05) is 0 Å². The fourth-order valence-electron chi connectivity index (χ4n) is 1.34. The van der Waals surface area contributed by atoms with Crippen LogP contribution >= 0.6 is 0 Å². The maximum absolute atomic E-state index is 11.0. The van der Waals surface area contributed by atoms with Gasteiger partial charge in [-0.3, -0.25) is 4.79 Å². The van der Waals surface area contributed by atoms with E-state index >= 15 is 0 Å². The normalized spacial score (nSPS) is 24.5. The third-order valence-corrected chi connectivity index (χ3v) is 2.69. The van der Waals surface area contributed by atoms with Gasteiger partial charge in [-0.2, -0.15) is 0 Å². The Morgan fingerprint density at radius 2 is 1.53 bits per heavy atom. The zero-order chi connectivity index (χ0) is 12.3. The number of hydrogen-bond acceptors (Lipinski definition) is 1. The van der Waals surface area contributed by atoms with Crippen molar-refractivity contribution in [2.45, 2.75) is 73.6 Å². The minimum absolute atomic E-state index is 0.348. The summed E-state index contributed by atoms with van der Waals surface area (Å²) in [6.07, 6.45) is 5.81. The number of hydrogen-bond donors (Lipinski definition) is 0. The smallest absolute Gasteiger partial charge is 0.135 e. The van der Waals surface area contributed by atoms with E-state index in [1.54, 1.807) is 0 Å². The fraction of sp³-hybridized carbons (Fsp3) is 0.929. The molecule has 0 aromatic rings. The Bertz CT molecular complexity index is 138. The number of carbonyl (C=O) groups is 1. The zero-order valence-corrected chi connectivity index (χ0v) is 11.6. The molecular formula is C14H30O. The average molecular weight is 214 g/mol. The van der Waals surface area contributed by atoms with E-state index in [0.29, 0.717) is 17.6 Å². The molecule has 1 rings (SSSR count). The first-order chi connectivity index (χ1) is 7.11. The molecule has 15 heavy (non-hydrogen) atoms. The molecule has 1 nitrogen and oxygen atoms in total. The van der Waals surface area contributed by atoms with Crippen molar-refractivity contribution in [3.63, 3.8) is 0 Å². The van der Waals surface area contributed by atoms with Crippen molar-refractivity contribution in [3.8, 4) is 0 Å². The number of ketones is 1. The zero-order valence-electron chi connectivity index (χ0n) is 11.6. The highest BCUT2D eigenvalue weighted by atomic mass is 16.1. The van der Waals surface area contributed by atoms with Gasteiger partial charge in [0.15, 0.2) is 0 Å². The maximum atomic E-state index is 11.0. The van der Waals surface area contributed by atoms with Crippen molar-refractivity contribution in [1.29, 1.82) is 0 Å². The first kappa shape index (κ1) is 17.1. The second-order valence-corrected chi connectivity index (χ2v) is 4.25. The Morgan fingerprint density at radius 3 is 1.80 bits per heavy atom. The molecule has 2 atom stereocenters. The van der Waals surface area contributed by atoms with E-state index in [1.165, 1.54) is 19.3 Å². The van der Waals surface area contributed by atoms with Crippen molar-refractivity contribution in [1.82, 2.24) is 0 Å². The lowest BCUT2D eigenvalue weighted by molar-refractivity contribution is -0.125. The molecule has 0 amide bonds. The van der Waals surface area contributed by atoms with E-state index in [4.69, 9.17) is 0 Å². The lowest BCUT2D eigenvalue weighted by atomic mass is 9.83. The quantitative estimate of drug-likeness (QED) is 0.610. The van der Waals surface area contributed by atoms with E-state index in [-0.39, 0.29) is 0 Å². The number of unbranched alkanes of at least 4 members (excludes halogenated alkanes) is 1. The Hall–Kier alpha value is -0.330. The molecule has 1 unspecified atom stereocenters. The molecule has 1 fully saturated rings. The first-order valence-corrected chi connectivity index (χ1v) is 6.64. The molecule has 1 saturated carbocycles. The summed E-state index contributed by atoms with van der Waals surface area (Å²) in [5.74, 6) is 1.46. The van der Waals surface area contributed by atoms with Gasteiger partial charge in [0.25, 0.3) is 0 Å². The fourth-order valence-corrected chi connectivity index (χ4v) is 1.34. The van der Waals surface area contributed by atoms with Crippen LogP contribution in [0.4, 0.5) is 0 Å². The number of rotatable bonds is 1. The van der Waals surface area contributed by atoms with Crippen LogP contribution in [0.15, 0.2) is 0 Å². The number of carbonyl (C=O) groups excluding carboxylic acids is 1. The standard InChI is InChI=1S/C8H14O.C4H10.C2H6/c1-6-3-4-7(2)8(9)5-6;1-3-4-2;1-2/h6-7H,3-5H2,1-2H3;3-4H2,1-2H3;1-2H3/t6-,7?;;/m1../s1. The van der Waals surface area contributed by atoms with Gasteiger partial charge in [0, 0.05) is 12.3 Å². The van der Waals surface area contributed by atoms with Crippen LogP contribution in [0.25, 0.3) is 0 Å².